The number of fused-ring (bicyclic) bond motifs is 2. The Bertz CT molecular complexity index is 1400. The average molecular weight is 561 g/mol. The summed E-state index contributed by atoms with van der Waals surface area (Å²) in [6.07, 6.45) is 2.51. The van der Waals surface area contributed by atoms with Crippen molar-refractivity contribution in [2.24, 2.45) is 11.3 Å². The third-order valence-electron chi connectivity index (χ3n) is 6.95. The average Bonchev–Trinajstić information content (AvgIpc) is 3.02. The minimum Gasteiger partial charge on any atom is -0.493 e. The van der Waals surface area contributed by atoms with Gasteiger partial charge in [-0.15, -0.1) is 0 Å². The Morgan fingerprint density at radius 3 is 2.41 bits per heavy atom. The molecule has 6 nitrogen and oxygen atoms in total. The van der Waals surface area contributed by atoms with Crippen LogP contribution in [-0.4, -0.2) is 25.9 Å². The van der Waals surface area contributed by atoms with Gasteiger partial charge in [-0.25, -0.2) is 0 Å². The first-order valence-electron chi connectivity index (χ1n) is 12.1. The van der Waals surface area contributed by atoms with Gasteiger partial charge in [-0.05, 0) is 59.5 Å². The minimum absolute atomic E-state index is 0.0798. The number of nitrogens with zero attached hydrogens (tertiary/aromatic N) is 1. The molecular formula is C30H29BrN2O4. The van der Waals surface area contributed by atoms with Gasteiger partial charge in [0.15, 0.2) is 11.5 Å². The summed E-state index contributed by atoms with van der Waals surface area (Å²) >= 11 is 3.46. The lowest BCUT2D eigenvalue weighted by Crippen LogP contribution is -2.43. The van der Waals surface area contributed by atoms with Gasteiger partial charge in [0, 0.05) is 22.2 Å². The Morgan fingerprint density at radius 2 is 1.70 bits per heavy atom. The van der Waals surface area contributed by atoms with Crippen LogP contribution in [0.25, 0.3) is 0 Å². The zero-order chi connectivity index (χ0) is 26.3. The van der Waals surface area contributed by atoms with Gasteiger partial charge in [0.25, 0.3) is 5.91 Å². The number of para-hydroxylation sites is 2. The Balaban J connectivity index is 1.79. The molecule has 3 aromatic carbocycles. The number of methoxy groups -OCH3 is 2. The Kier molecular flexibility index (Phi) is 6.58. The highest BCUT2D eigenvalue weighted by molar-refractivity contribution is 9.10. The van der Waals surface area contributed by atoms with Crippen LogP contribution in [0.5, 0.6) is 11.5 Å². The number of carbonyl (C=O) groups excluding carboxylic acids is 2. The van der Waals surface area contributed by atoms with Gasteiger partial charge in [-0.2, -0.15) is 0 Å². The highest BCUT2D eigenvalue weighted by Gasteiger charge is 2.46. The smallest absolute Gasteiger partial charge is 0.258 e. The van der Waals surface area contributed by atoms with E-state index >= 15 is 0 Å². The van der Waals surface area contributed by atoms with Crippen molar-refractivity contribution >= 4 is 39.0 Å². The number of hydrogen-bond donors (Lipinski definition) is 1. The molecule has 0 radical (unpaired) electrons. The summed E-state index contributed by atoms with van der Waals surface area (Å²) < 4.78 is 12.0. The van der Waals surface area contributed by atoms with Crippen molar-refractivity contribution in [3.05, 3.63) is 94.1 Å². The summed E-state index contributed by atoms with van der Waals surface area (Å²) in [6.45, 7) is 4.12. The third-order valence-corrected chi connectivity index (χ3v) is 7.48. The number of nitrogens with one attached hydrogen (secondary N) is 1. The van der Waals surface area contributed by atoms with E-state index in [1.165, 1.54) is 0 Å². The molecule has 0 fully saturated rings. The maximum absolute atomic E-state index is 14.3. The molecule has 5 rings (SSSR count). The van der Waals surface area contributed by atoms with Crippen LogP contribution in [-0.2, 0) is 4.79 Å². The molecule has 1 N–H and O–H groups in total. The predicted octanol–water partition coefficient (Wildman–Crippen LogP) is 6.78. The fourth-order valence-electron chi connectivity index (χ4n) is 5.34. The normalized spacial score (nSPS) is 20.1. The van der Waals surface area contributed by atoms with Gasteiger partial charge in [0.05, 0.1) is 37.6 Å². The quantitative estimate of drug-likeness (QED) is 0.381. The lowest BCUT2D eigenvalue weighted by molar-refractivity contribution is -0.124. The Morgan fingerprint density at radius 1 is 1.00 bits per heavy atom. The Hall–Kier alpha value is -3.58. The number of Topliss-reactive ketones (excluding diaryl/α,β-unsaturated/α-hetero) is 1. The van der Waals surface area contributed by atoms with Crippen molar-refractivity contribution < 1.29 is 19.1 Å². The van der Waals surface area contributed by atoms with Crippen molar-refractivity contribution in [1.82, 2.24) is 0 Å². The van der Waals surface area contributed by atoms with Gasteiger partial charge in [-0.3, -0.25) is 14.5 Å². The van der Waals surface area contributed by atoms with E-state index in [0.29, 0.717) is 29.2 Å². The predicted molar refractivity (Wildman–Crippen MR) is 148 cm³/mol. The molecule has 0 bridgehead atoms. The molecule has 1 heterocycles. The highest BCUT2D eigenvalue weighted by atomic mass is 79.9. The molecule has 1 amide bonds. The molecule has 190 valence electrons. The second kappa shape index (κ2) is 9.71. The van der Waals surface area contributed by atoms with Crippen LogP contribution in [0.1, 0.15) is 42.2 Å². The summed E-state index contributed by atoms with van der Waals surface area (Å²) in [5.41, 5.74) is 3.29. The molecule has 1 aliphatic carbocycles. The summed E-state index contributed by atoms with van der Waals surface area (Å²) in [5.74, 6) is 0.418. The van der Waals surface area contributed by atoms with Gasteiger partial charge in [0.2, 0.25) is 0 Å². The maximum atomic E-state index is 14.3. The van der Waals surface area contributed by atoms with E-state index in [1.807, 2.05) is 54.6 Å². The van der Waals surface area contributed by atoms with Crippen LogP contribution < -0.4 is 19.7 Å². The van der Waals surface area contributed by atoms with Gasteiger partial charge >= 0.3 is 0 Å². The Labute approximate surface area is 225 Å². The molecule has 37 heavy (non-hydrogen) atoms. The molecule has 0 saturated carbocycles. The molecule has 2 atom stereocenters. The van der Waals surface area contributed by atoms with Crippen LogP contribution in [0.4, 0.5) is 11.4 Å². The largest absolute Gasteiger partial charge is 0.493 e. The van der Waals surface area contributed by atoms with Gasteiger partial charge in [-0.1, -0.05) is 54.1 Å². The standard InChI is InChI=1S/C30H29BrN2O4/c1-30(2)16-22-27(24(34)17-30)28(19-11-14-25(36-3)26(15-19)37-4)33(23-8-6-5-7-21(23)32-22)29(35)18-9-12-20(31)13-10-18/h5-16,27-28,32H,17H2,1-4H3/t27-,28-/m0/s1. The summed E-state index contributed by atoms with van der Waals surface area (Å²) in [5, 5.41) is 3.53. The highest BCUT2D eigenvalue weighted by Crippen LogP contribution is 2.49. The molecule has 2 aliphatic rings. The van der Waals surface area contributed by atoms with Crippen molar-refractivity contribution in [2.75, 3.05) is 24.4 Å². The van der Waals surface area contributed by atoms with Crippen molar-refractivity contribution in [2.45, 2.75) is 26.3 Å². The van der Waals surface area contributed by atoms with Crippen LogP contribution >= 0.6 is 15.9 Å². The first kappa shape index (κ1) is 25.1. The summed E-state index contributed by atoms with van der Waals surface area (Å²) in [7, 11) is 3.16. The van der Waals surface area contributed by atoms with Crippen LogP contribution in [0, 0.1) is 11.3 Å². The number of ether oxygens (including phenoxy) is 2. The number of benzene rings is 3. The number of hydrogen-bond acceptors (Lipinski definition) is 5. The van der Waals surface area contributed by atoms with Gasteiger partial charge < -0.3 is 14.8 Å². The van der Waals surface area contributed by atoms with E-state index < -0.39 is 12.0 Å². The number of rotatable bonds is 4. The first-order chi connectivity index (χ1) is 17.7. The second-order valence-corrected chi connectivity index (χ2v) is 11.0. The van der Waals surface area contributed by atoms with E-state index in [9.17, 15) is 9.59 Å². The number of anilines is 2. The molecule has 0 spiro atoms. The fourth-order valence-corrected chi connectivity index (χ4v) is 5.61. The van der Waals surface area contributed by atoms with Crippen LogP contribution in [0.2, 0.25) is 0 Å². The molecule has 0 saturated heterocycles. The van der Waals surface area contributed by atoms with Crippen molar-refractivity contribution in [3.63, 3.8) is 0 Å². The van der Waals surface area contributed by atoms with Gasteiger partial charge in [0.1, 0.15) is 5.78 Å². The zero-order valence-corrected chi connectivity index (χ0v) is 22.8. The number of allylic oxidation sites excluding steroid dienone is 1. The molecule has 3 aromatic rings. The molecule has 7 heteroatoms. The number of amides is 1. The van der Waals surface area contributed by atoms with E-state index in [-0.39, 0.29) is 17.1 Å². The SMILES string of the molecule is COc1ccc([C@H]2[C@@H]3C(=O)CC(C)(C)C=C3Nc3ccccc3N2C(=O)c2ccc(Br)cc2)cc1OC. The minimum atomic E-state index is -0.609. The summed E-state index contributed by atoms with van der Waals surface area (Å²) in [4.78, 5) is 29.9. The van der Waals surface area contributed by atoms with Crippen LogP contribution in [0.15, 0.2) is 83.0 Å². The van der Waals surface area contributed by atoms with E-state index in [2.05, 4.69) is 41.2 Å². The van der Waals surface area contributed by atoms with Crippen molar-refractivity contribution in [1.29, 1.82) is 0 Å². The molecule has 0 unspecified atom stereocenters. The zero-order valence-electron chi connectivity index (χ0n) is 21.2. The van der Waals surface area contributed by atoms with E-state index in [4.69, 9.17) is 9.47 Å². The lowest BCUT2D eigenvalue weighted by atomic mass is 9.72. The number of carbonyl (C=O) groups is 2. The van der Waals surface area contributed by atoms with Crippen molar-refractivity contribution in [3.8, 4) is 11.5 Å². The van der Waals surface area contributed by atoms with E-state index in [0.717, 1.165) is 21.4 Å². The van der Waals surface area contributed by atoms with Crippen LogP contribution in [0.3, 0.4) is 0 Å². The fraction of sp³-hybridized carbons (Fsp3) is 0.267. The second-order valence-electron chi connectivity index (χ2n) is 10.1. The molecular weight excluding hydrogens is 532 g/mol. The number of ketones is 1. The van der Waals surface area contributed by atoms with E-state index in [1.54, 1.807) is 31.3 Å². The summed E-state index contributed by atoms with van der Waals surface area (Å²) in [6, 6.07) is 20.0. The maximum Gasteiger partial charge on any atom is 0.258 e. The molecule has 1 aliphatic heterocycles. The topological polar surface area (TPSA) is 67.9 Å². The lowest BCUT2D eigenvalue weighted by Gasteiger charge is -2.39. The first-order valence-corrected chi connectivity index (χ1v) is 12.9. The third kappa shape index (κ3) is 4.64. The monoisotopic (exact) mass is 560 g/mol. The molecule has 0 aromatic heterocycles. The number of halogens is 1.